The lowest BCUT2D eigenvalue weighted by atomic mass is 10.1. The van der Waals surface area contributed by atoms with Crippen molar-refractivity contribution in [1.29, 1.82) is 0 Å². The van der Waals surface area contributed by atoms with Crippen LogP contribution in [0, 0.1) is 0 Å². The van der Waals surface area contributed by atoms with Crippen molar-refractivity contribution < 1.29 is 14.6 Å². The summed E-state index contributed by atoms with van der Waals surface area (Å²) in [6.07, 6.45) is 10.7. The molecular weight excluding hydrogens is 216 g/mol. The minimum absolute atomic E-state index is 0.00157. The summed E-state index contributed by atoms with van der Waals surface area (Å²) in [6, 6.07) is 0. The van der Waals surface area contributed by atoms with Gasteiger partial charge in [-0.25, -0.2) is 0 Å². The van der Waals surface area contributed by atoms with E-state index in [0.29, 0.717) is 0 Å². The topological polar surface area (TPSA) is 38.7 Å². The second-order valence-corrected chi connectivity index (χ2v) is 4.94. The highest BCUT2D eigenvalue weighted by atomic mass is 16.7. The van der Waals surface area contributed by atoms with Crippen molar-refractivity contribution in [3.63, 3.8) is 0 Å². The fourth-order valence-corrected chi connectivity index (χ4v) is 2.22. The summed E-state index contributed by atoms with van der Waals surface area (Å²) in [7, 11) is 0. The average molecular weight is 244 g/mol. The molecule has 0 aliphatic carbocycles. The first-order valence-corrected chi connectivity index (χ1v) is 7.24. The van der Waals surface area contributed by atoms with Gasteiger partial charge in [-0.2, -0.15) is 0 Å². The van der Waals surface area contributed by atoms with Gasteiger partial charge in [-0.15, -0.1) is 0 Å². The summed E-state index contributed by atoms with van der Waals surface area (Å²) in [6.45, 7) is 3.16. The van der Waals surface area contributed by atoms with E-state index in [9.17, 15) is 0 Å². The van der Waals surface area contributed by atoms with Gasteiger partial charge >= 0.3 is 0 Å². The van der Waals surface area contributed by atoms with Crippen LogP contribution in [-0.2, 0) is 9.47 Å². The molecule has 0 spiro atoms. The first-order chi connectivity index (χ1) is 8.36. The molecule has 0 amide bonds. The number of ether oxygens (including phenoxy) is 2. The Balaban J connectivity index is 1.91. The highest BCUT2D eigenvalue weighted by molar-refractivity contribution is 4.64. The minimum atomic E-state index is -0.0726. The maximum atomic E-state index is 9.02. The maximum Gasteiger partial charge on any atom is 0.158 e. The normalized spacial score (nSPS) is 25.1. The number of unbranched alkanes of at least 4 members (excludes halogenated alkanes) is 5. The van der Waals surface area contributed by atoms with Crippen LogP contribution in [0.1, 0.15) is 64.7 Å². The van der Waals surface area contributed by atoms with E-state index < -0.39 is 0 Å². The van der Waals surface area contributed by atoms with E-state index in [4.69, 9.17) is 14.6 Å². The molecule has 3 nitrogen and oxygen atoms in total. The van der Waals surface area contributed by atoms with Gasteiger partial charge in [-0.05, 0) is 25.7 Å². The smallest absolute Gasteiger partial charge is 0.158 e. The summed E-state index contributed by atoms with van der Waals surface area (Å²) in [5.74, 6) is 0. The summed E-state index contributed by atoms with van der Waals surface area (Å²) >= 11 is 0. The first kappa shape index (κ1) is 14.9. The Hall–Kier alpha value is -0.120. The Morgan fingerprint density at radius 3 is 2.65 bits per heavy atom. The van der Waals surface area contributed by atoms with Crippen molar-refractivity contribution in [2.24, 2.45) is 0 Å². The fraction of sp³-hybridized carbons (Fsp3) is 1.00. The molecule has 102 valence electrons. The molecule has 0 aromatic heterocycles. The van der Waals surface area contributed by atoms with Crippen molar-refractivity contribution in [3.05, 3.63) is 0 Å². The van der Waals surface area contributed by atoms with E-state index in [1.807, 2.05) is 0 Å². The van der Waals surface area contributed by atoms with E-state index in [2.05, 4.69) is 6.92 Å². The van der Waals surface area contributed by atoms with Gasteiger partial charge in [0.15, 0.2) is 6.29 Å². The van der Waals surface area contributed by atoms with E-state index in [-0.39, 0.29) is 19.0 Å². The number of rotatable bonds is 9. The van der Waals surface area contributed by atoms with Gasteiger partial charge in [0.25, 0.3) is 0 Å². The van der Waals surface area contributed by atoms with Gasteiger partial charge < -0.3 is 14.6 Å². The van der Waals surface area contributed by atoms with Gasteiger partial charge in [-0.3, -0.25) is 0 Å². The molecule has 0 saturated carbocycles. The van der Waals surface area contributed by atoms with Gasteiger partial charge in [0.1, 0.15) is 0 Å². The summed E-state index contributed by atoms with van der Waals surface area (Å²) < 4.78 is 11.3. The Morgan fingerprint density at radius 1 is 1.12 bits per heavy atom. The van der Waals surface area contributed by atoms with Gasteiger partial charge in [0.05, 0.1) is 12.7 Å². The summed E-state index contributed by atoms with van der Waals surface area (Å²) in [4.78, 5) is 0. The Kier molecular flexibility index (Phi) is 8.67. The summed E-state index contributed by atoms with van der Waals surface area (Å²) in [5, 5.41) is 9.02. The van der Waals surface area contributed by atoms with Crippen LogP contribution in [0.3, 0.4) is 0 Å². The molecular formula is C14H28O3. The molecule has 1 saturated heterocycles. The van der Waals surface area contributed by atoms with Gasteiger partial charge in [0, 0.05) is 6.61 Å². The number of aliphatic hydroxyl groups excluding tert-OH is 1. The standard InChI is InChI=1S/C14H28O3/c1-2-3-4-5-6-7-11-16-14-10-8-9-13(12-15)17-14/h13-15H,2-12H2,1H3/t13-,14-/m1/s1. The molecule has 2 atom stereocenters. The van der Waals surface area contributed by atoms with E-state index in [1.165, 1.54) is 32.1 Å². The zero-order valence-corrected chi connectivity index (χ0v) is 11.2. The third-order valence-electron chi connectivity index (χ3n) is 3.32. The number of aliphatic hydroxyl groups is 1. The number of hydrogen-bond acceptors (Lipinski definition) is 3. The molecule has 0 aromatic carbocycles. The Morgan fingerprint density at radius 2 is 1.88 bits per heavy atom. The molecule has 17 heavy (non-hydrogen) atoms. The van der Waals surface area contributed by atoms with Crippen molar-refractivity contribution >= 4 is 0 Å². The van der Waals surface area contributed by atoms with Crippen LogP contribution < -0.4 is 0 Å². The lowest BCUT2D eigenvalue weighted by molar-refractivity contribution is -0.201. The molecule has 0 bridgehead atoms. The van der Waals surface area contributed by atoms with Crippen LogP contribution >= 0.6 is 0 Å². The predicted molar refractivity (Wildman–Crippen MR) is 68.9 cm³/mol. The van der Waals surface area contributed by atoms with E-state index in [0.717, 1.165) is 32.3 Å². The molecule has 1 aliphatic rings. The molecule has 1 aliphatic heterocycles. The molecule has 0 radical (unpaired) electrons. The molecule has 0 unspecified atom stereocenters. The minimum Gasteiger partial charge on any atom is -0.394 e. The van der Waals surface area contributed by atoms with Crippen LogP contribution in [0.25, 0.3) is 0 Å². The molecule has 1 rings (SSSR count). The van der Waals surface area contributed by atoms with Gasteiger partial charge in [0.2, 0.25) is 0 Å². The second kappa shape index (κ2) is 9.86. The van der Waals surface area contributed by atoms with Crippen LogP contribution in [0.15, 0.2) is 0 Å². The zero-order chi connectivity index (χ0) is 12.3. The lowest BCUT2D eigenvalue weighted by Crippen LogP contribution is -2.32. The third kappa shape index (κ3) is 7.02. The maximum absolute atomic E-state index is 9.02. The van der Waals surface area contributed by atoms with Crippen molar-refractivity contribution in [3.8, 4) is 0 Å². The van der Waals surface area contributed by atoms with Crippen molar-refractivity contribution in [2.45, 2.75) is 77.1 Å². The number of hydrogen-bond donors (Lipinski definition) is 1. The highest BCUT2D eigenvalue weighted by Gasteiger charge is 2.21. The van der Waals surface area contributed by atoms with E-state index >= 15 is 0 Å². The Bertz CT molecular complexity index is 173. The van der Waals surface area contributed by atoms with Crippen LogP contribution in [0.4, 0.5) is 0 Å². The SMILES string of the molecule is CCCCCCCCO[C@H]1CCC[C@H](CO)O1. The quantitative estimate of drug-likeness (QED) is 0.633. The van der Waals surface area contributed by atoms with Crippen LogP contribution in [-0.4, -0.2) is 30.7 Å². The molecule has 1 heterocycles. The lowest BCUT2D eigenvalue weighted by Gasteiger charge is -2.28. The first-order valence-electron chi connectivity index (χ1n) is 7.24. The molecule has 3 heteroatoms. The zero-order valence-electron chi connectivity index (χ0n) is 11.2. The predicted octanol–water partition coefficient (Wildman–Crippen LogP) is 3.25. The average Bonchev–Trinajstić information content (AvgIpc) is 2.38. The second-order valence-electron chi connectivity index (χ2n) is 4.94. The van der Waals surface area contributed by atoms with Crippen molar-refractivity contribution in [1.82, 2.24) is 0 Å². The van der Waals surface area contributed by atoms with Crippen LogP contribution in [0.5, 0.6) is 0 Å². The van der Waals surface area contributed by atoms with Crippen molar-refractivity contribution in [2.75, 3.05) is 13.2 Å². The summed E-state index contributed by atoms with van der Waals surface area (Å²) in [5.41, 5.74) is 0. The largest absolute Gasteiger partial charge is 0.394 e. The van der Waals surface area contributed by atoms with Crippen LogP contribution in [0.2, 0.25) is 0 Å². The molecule has 1 N–H and O–H groups in total. The Labute approximate surface area is 105 Å². The fourth-order valence-electron chi connectivity index (χ4n) is 2.22. The third-order valence-corrected chi connectivity index (χ3v) is 3.32. The van der Waals surface area contributed by atoms with Gasteiger partial charge in [-0.1, -0.05) is 39.0 Å². The molecule has 0 aromatic rings. The monoisotopic (exact) mass is 244 g/mol. The highest BCUT2D eigenvalue weighted by Crippen LogP contribution is 2.19. The molecule has 1 fully saturated rings. The van der Waals surface area contributed by atoms with E-state index in [1.54, 1.807) is 0 Å².